The zero-order valence-electron chi connectivity index (χ0n) is 9.75. The summed E-state index contributed by atoms with van der Waals surface area (Å²) in [6, 6.07) is 2.21. The van der Waals surface area contributed by atoms with E-state index in [2.05, 4.69) is 46.1 Å². The SMILES string of the molecule is Cc1cc(CNc2c(N)cncc2Br)sc1C. The van der Waals surface area contributed by atoms with Crippen molar-refractivity contribution in [3.05, 3.63) is 38.3 Å². The molecule has 0 fully saturated rings. The molecule has 0 radical (unpaired) electrons. The van der Waals surface area contributed by atoms with Gasteiger partial charge in [-0.3, -0.25) is 4.98 Å². The van der Waals surface area contributed by atoms with E-state index < -0.39 is 0 Å². The van der Waals surface area contributed by atoms with Gasteiger partial charge < -0.3 is 11.1 Å². The largest absolute Gasteiger partial charge is 0.396 e. The molecule has 0 atom stereocenters. The quantitative estimate of drug-likeness (QED) is 0.908. The summed E-state index contributed by atoms with van der Waals surface area (Å²) in [5, 5.41) is 3.34. The van der Waals surface area contributed by atoms with Crippen LogP contribution in [0.1, 0.15) is 15.3 Å². The predicted octanol–water partition coefficient (Wildman–Crippen LogP) is 3.72. The third-order valence-electron chi connectivity index (χ3n) is 2.59. The first-order valence-electron chi connectivity index (χ1n) is 5.26. The van der Waals surface area contributed by atoms with E-state index in [1.165, 1.54) is 15.3 Å². The highest BCUT2D eigenvalue weighted by Crippen LogP contribution is 2.28. The number of hydrogen-bond donors (Lipinski definition) is 2. The van der Waals surface area contributed by atoms with Gasteiger partial charge >= 0.3 is 0 Å². The summed E-state index contributed by atoms with van der Waals surface area (Å²) in [5.41, 5.74) is 8.77. The third kappa shape index (κ3) is 2.79. The van der Waals surface area contributed by atoms with Crippen LogP contribution in [-0.2, 0) is 6.54 Å². The van der Waals surface area contributed by atoms with Crippen molar-refractivity contribution in [1.29, 1.82) is 0 Å². The average molecular weight is 312 g/mol. The van der Waals surface area contributed by atoms with Crippen molar-refractivity contribution in [3.63, 3.8) is 0 Å². The van der Waals surface area contributed by atoms with Gasteiger partial charge in [-0.1, -0.05) is 0 Å². The molecule has 5 heteroatoms. The zero-order chi connectivity index (χ0) is 12.4. The minimum atomic E-state index is 0.657. The molecular formula is C12H14BrN3S. The van der Waals surface area contributed by atoms with Gasteiger partial charge in [0.2, 0.25) is 0 Å². The number of pyridine rings is 1. The Labute approximate surface area is 113 Å². The van der Waals surface area contributed by atoms with Gasteiger partial charge in [-0.25, -0.2) is 0 Å². The van der Waals surface area contributed by atoms with Crippen LogP contribution in [-0.4, -0.2) is 4.98 Å². The maximum atomic E-state index is 5.87. The Hall–Kier alpha value is -1.07. The molecule has 0 aliphatic heterocycles. The topological polar surface area (TPSA) is 50.9 Å². The summed E-state index contributed by atoms with van der Waals surface area (Å²) in [4.78, 5) is 6.68. The lowest BCUT2D eigenvalue weighted by molar-refractivity contribution is 1.17. The lowest BCUT2D eigenvalue weighted by atomic mass is 10.3. The second kappa shape index (κ2) is 5.06. The second-order valence-electron chi connectivity index (χ2n) is 3.89. The van der Waals surface area contributed by atoms with Crippen LogP contribution in [0.4, 0.5) is 11.4 Å². The fourth-order valence-electron chi connectivity index (χ4n) is 1.55. The Morgan fingerprint density at radius 1 is 1.41 bits per heavy atom. The molecule has 0 aliphatic rings. The Kier molecular flexibility index (Phi) is 3.69. The van der Waals surface area contributed by atoms with Gasteiger partial charge in [0, 0.05) is 22.5 Å². The number of aromatic nitrogens is 1. The van der Waals surface area contributed by atoms with Crippen LogP contribution >= 0.6 is 27.3 Å². The van der Waals surface area contributed by atoms with Crippen LogP contribution in [0.25, 0.3) is 0 Å². The first-order valence-corrected chi connectivity index (χ1v) is 6.87. The molecule has 2 aromatic rings. The Bertz CT molecular complexity index is 497. The van der Waals surface area contributed by atoms with E-state index in [0.29, 0.717) is 5.69 Å². The average Bonchev–Trinajstić information content (AvgIpc) is 2.58. The van der Waals surface area contributed by atoms with Crippen molar-refractivity contribution >= 4 is 38.6 Å². The van der Waals surface area contributed by atoms with E-state index in [0.717, 1.165) is 16.7 Å². The Morgan fingerprint density at radius 3 is 2.76 bits per heavy atom. The maximum Gasteiger partial charge on any atom is 0.0752 e. The molecule has 2 heterocycles. The first kappa shape index (κ1) is 12.4. The lowest BCUT2D eigenvalue weighted by Gasteiger charge is -2.09. The van der Waals surface area contributed by atoms with Gasteiger partial charge in [0.25, 0.3) is 0 Å². The highest BCUT2D eigenvalue weighted by Gasteiger charge is 2.06. The van der Waals surface area contributed by atoms with Crippen LogP contribution in [0, 0.1) is 13.8 Å². The molecule has 0 spiro atoms. The van der Waals surface area contributed by atoms with Crippen molar-refractivity contribution in [3.8, 4) is 0 Å². The van der Waals surface area contributed by atoms with E-state index in [9.17, 15) is 0 Å². The number of hydrogen-bond acceptors (Lipinski definition) is 4. The summed E-state index contributed by atoms with van der Waals surface area (Å²) in [6.45, 7) is 5.05. The molecule has 0 saturated carbocycles. The standard InChI is InChI=1S/C12H14BrN3S/c1-7-3-9(17-8(7)2)4-16-12-10(13)5-15-6-11(12)14/h3,5-6H,4,14H2,1-2H3,(H,15,16). The number of rotatable bonds is 3. The first-order chi connectivity index (χ1) is 8.08. The highest BCUT2D eigenvalue weighted by molar-refractivity contribution is 9.10. The molecule has 3 N–H and O–H groups in total. The molecule has 2 aromatic heterocycles. The van der Waals surface area contributed by atoms with E-state index >= 15 is 0 Å². The lowest BCUT2D eigenvalue weighted by Crippen LogP contribution is -2.02. The molecule has 3 nitrogen and oxygen atoms in total. The molecule has 0 amide bonds. The molecule has 2 rings (SSSR count). The molecular weight excluding hydrogens is 298 g/mol. The minimum absolute atomic E-state index is 0.657. The molecule has 0 unspecified atom stereocenters. The van der Waals surface area contributed by atoms with E-state index in [1.54, 1.807) is 12.4 Å². The number of aryl methyl sites for hydroxylation is 2. The number of nitrogen functional groups attached to an aromatic ring is 1. The second-order valence-corrected chi connectivity index (χ2v) is 6.09. The summed E-state index contributed by atoms with van der Waals surface area (Å²) < 4.78 is 0.891. The van der Waals surface area contributed by atoms with Crippen molar-refractivity contribution < 1.29 is 0 Å². The smallest absolute Gasteiger partial charge is 0.0752 e. The molecule has 0 aliphatic carbocycles. The molecule has 0 bridgehead atoms. The molecule has 90 valence electrons. The number of nitrogens with two attached hydrogens (primary N) is 1. The predicted molar refractivity (Wildman–Crippen MR) is 77.5 cm³/mol. The van der Waals surface area contributed by atoms with Gasteiger partial charge in [-0.05, 0) is 41.4 Å². The summed E-state index contributed by atoms with van der Waals surface area (Å²) in [5.74, 6) is 0. The maximum absolute atomic E-state index is 5.87. The molecule has 0 saturated heterocycles. The van der Waals surface area contributed by atoms with Gasteiger partial charge in [-0.15, -0.1) is 11.3 Å². The van der Waals surface area contributed by atoms with Crippen LogP contribution in [0.2, 0.25) is 0 Å². The van der Waals surface area contributed by atoms with Crippen LogP contribution in [0.5, 0.6) is 0 Å². The zero-order valence-corrected chi connectivity index (χ0v) is 12.2. The van der Waals surface area contributed by atoms with Crippen molar-refractivity contribution in [2.45, 2.75) is 20.4 Å². The number of thiophene rings is 1. The van der Waals surface area contributed by atoms with E-state index in [-0.39, 0.29) is 0 Å². The van der Waals surface area contributed by atoms with Crippen molar-refractivity contribution in [2.24, 2.45) is 0 Å². The number of anilines is 2. The van der Waals surface area contributed by atoms with Crippen molar-refractivity contribution in [2.75, 3.05) is 11.1 Å². The molecule has 17 heavy (non-hydrogen) atoms. The normalized spacial score (nSPS) is 10.5. The van der Waals surface area contributed by atoms with Crippen LogP contribution in [0.15, 0.2) is 22.9 Å². The van der Waals surface area contributed by atoms with Gasteiger partial charge in [0.1, 0.15) is 0 Å². The monoisotopic (exact) mass is 311 g/mol. The summed E-state index contributed by atoms with van der Waals surface area (Å²) in [7, 11) is 0. The summed E-state index contributed by atoms with van der Waals surface area (Å²) >= 11 is 5.25. The molecule has 0 aromatic carbocycles. The van der Waals surface area contributed by atoms with E-state index in [4.69, 9.17) is 5.73 Å². The van der Waals surface area contributed by atoms with Crippen LogP contribution in [0.3, 0.4) is 0 Å². The van der Waals surface area contributed by atoms with Gasteiger partial charge in [0.05, 0.1) is 22.0 Å². The number of nitrogens with one attached hydrogen (secondary N) is 1. The fourth-order valence-corrected chi connectivity index (χ4v) is 3.03. The third-order valence-corrected chi connectivity index (χ3v) is 4.34. The minimum Gasteiger partial charge on any atom is -0.396 e. The van der Waals surface area contributed by atoms with Crippen LogP contribution < -0.4 is 11.1 Å². The van der Waals surface area contributed by atoms with E-state index in [1.807, 2.05) is 11.3 Å². The Morgan fingerprint density at radius 2 is 2.18 bits per heavy atom. The fraction of sp³-hybridized carbons (Fsp3) is 0.250. The van der Waals surface area contributed by atoms with Crippen molar-refractivity contribution in [1.82, 2.24) is 4.98 Å². The Balaban J connectivity index is 2.12. The van der Waals surface area contributed by atoms with Gasteiger partial charge in [-0.2, -0.15) is 0 Å². The highest BCUT2D eigenvalue weighted by atomic mass is 79.9. The van der Waals surface area contributed by atoms with Gasteiger partial charge in [0.15, 0.2) is 0 Å². The summed E-state index contributed by atoms with van der Waals surface area (Å²) in [6.07, 6.45) is 3.39. The number of nitrogens with zero attached hydrogens (tertiary/aromatic N) is 1. The number of halogens is 1.